The van der Waals surface area contributed by atoms with Crippen molar-refractivity contribution in [3.8, 4) is 11.3 Å². The van der Waals surface area contributed by atoms with Crippen molar-refractivity contribution >= 4 is 21.9 Å². The maximum Gasteiger partial charge on any atom is 0.196 e. The third-order valence-corrected chi connectivity index (χ3v) is 3.78. The van der Waals surface area contributed by atoms with E-state index in [2.05, 4.69) is 5.16 Å². The lowest BCUT2D eigenvalue weighted by atomic mass is 10.0. The van der Waals surface area contributed by atoms with Gasteiger partial charge in [0.05, 0.1) is 5.39 Å². The number of nitrogens with zero attached hydrogens (tertiary/aromatic N) is 1. The summed E-state index contributed by atoms with van der Waals surface area (Å²) in [6.07, 6.45) is 0. The van der Waals surface area contributed by atoms with Gasteiger partial charge in [-0.25, -0.2) is 0 Å². The van der Waals surface area contributed by atoms with Crippen LogP contribution in [0.2, 0.25) is 0 Å². The average Bonchev–Trinajstić information content (AvgIpc) is 2.91. The van der Waals surface area contributed by atoms with Crippen molar-refractivity contribution < 1.29 is 8.94 Å². The van der Waals surface area contributed by atoms with Gasteiger partial charge in [0, 0.05) is 11.6 Å². The van der Waals surface area contributed by atoms with Crippen molar-refractivity contribution in [2.45, 2.75) is 13.8 Å². The van der Waals surface area contributed by atoms with Crippen LogP contribution in [0.4, 0.5) is 0 Å². The van der Waals surface area contributed by atoms with Gasteiger partial charge in [-0.15, -0.1) is 0 Å². The lowest BCUT2D eigenvalue weighted by Crippen LogP contribution is -2.00. The molecule has 2 aromatic heterocycles. The maximum atomic E-state index is 12.3. The predicted octanol–water partition coefficient (Wildman–Crippen LogP) is 4.22. The highest BCUT2D eigenvalue weighted by Crippen LogP contribution is 2.31. The molecular weight excluding hydrogens is 278 g/mol. The molecule has 2 aromatic carbocycles. The van der Waals surface area contributed by atoms with Crippen LogP contribution in [0.1, 0.15) is 11.3 Å². The Morgan fingerprint density at radius 3 is 2.55 bits per heavy atom. The quantitative estimate of drug-likeness (QED) is 0.527. The summed E-state index contributed by atoms with van der Waals surface area (Å²) < 4.78 is 11.1. The van der Waals surface area contributed by atoms with Crippen LogP contribution >= 0.6 is 0 Å². The minimum atomic E-state index is -0.115. The Bertz CT molecular complexity index is 1060. The number of benzene rings is 2. The van der Waals surface area contributed by atoms with E-state index in [1.54, 1.807) is 13.0 Å². The van der Waals surface area contributed by atoms with Crippen molar-refractivity contribution in [2.75, 3.05) is 0 Å². The van der Waals surface area contributed by atoms with E-state index in [1.165, 1.54) is 11.6 Å². The molecule has 4 aromatic rings. The normalized spacial score (nSPS) is 11.4. The third-order valence-electron chi connectivity index (χ3n) is 3.78. The minimum absolute atomic E-state index is 0.115. The molecule has 22 heavy (non-hydrogen) atoms. The van der Waals surface area contributed by atoms with Gasteiger partial charge in [-0.05, 0) is 26.0 Å². The van der Waals surface area contributed by atoms with Gasteiger partial charge in [0.1, 0.15) is 22.4 Å². The van der Waals surface area contributed by atoms with Crippen LogP contribution in [0.25, 0.3) is 33.2 Å². The van der Waals surface area contributed by atoms with Crippen LogP contribution in [0.5, 0.6) is 0 Å². The summed E-state index contributed by atoms with van der Waals surface area (Å²) in [5, 5.41) is 5.40. The van der Waals surface area contributed by atoms with E-state index < -0.39 is 0 Å². The highest BCUT2D eigenvalue weighted by atomic mass is 16.5. The molecule has 0 amide bonds. The number of aromatic nitrogens is 1. The first kappa shape index (κ1) is 12.8. The lowest BCUT2D eigenvalue weighted by Gasteiger charge is -2.00. The standard InChI is InChI=1S/C18H13NO3/c1-10-3-5-12(6-4-10)17-13-7-8-15-16(18(13)22-19-17)14(20)9-11(2)21-15/h3-9H,1-2H3. The first-order chi connectivity index (χ1) is 10.6. The van der Waals surface area contributed by atoms with E-state index in [9.17, 15) is 4.79 Å². The monoisotopic (exact) mass is 291 g/mol. The molecule has 0 aliphatic carbocycles. The van der Waals surface area contributed by atoms with E-state index in [-0.39, 0.29) is 5.43 Å². The summed E-state index contributed by atoms with van der Waals surface area (Å²) in [5.41, 5.74) is 3.75. The van der Waals surface area contributed by atoms with Crippen molar-refractivity contribution in [1.82, 2.24) is 5.16 Å². The van der Waals surface area contributed by atoms with Crippen LogP contribution in [-0.2, 0) is 0 Å². The molecule has 0 spiro atoms. The minimum Gasteiger partial charge on any atom is -0.461 e. The summed E-state index contributed by atoms with van der Waals surface area (Å²) in [5.74, 6) is 0.579. The van der Waals surface area contributed by atoms with Crippen LogP contribution in [-0.4, -0.2) is 5.16 Å². The molecule has 4 rings (SSSR count). The highest BCUT2D eigenvalue weighted by molar-refractivity contribution is 6.06. The molecule has 0 atom stereocenters. The first-order valence-electron chi connectivity index (χ1n) is 7.03. The Hall–Kier alpha value is -2.88. The molecule has 0 saturated carbocycles. The van der Waals surface area contributed by atoms with E-state index in [0.29, 0.717) is 22.3 Å². The average molecular weight is 291 g/mol. The van der Waals surface area contributed by atoms with Gasteiger partial charge in [0.2, 0.25) is 0 Å². The van der Waals surface area contributed by atoms with Crippen molar-refractivity contribution in [3.63, 3.8) is 0 Å². The van der Waals surface area contributed by atoms with Crippen LogP contribution in [0.15, 0.2) is 56.2 Å². The second-order valence-electron chi connectivity index (χ2n) is 5.43. The van der Waals surface area contributed by atoms with Crippen molar-refractivity contribution in [2.24, 2.45) is 0 Å². The van der Waals surface area contributed by atoms with Crippen molar-refractivity contribution in [3.05, 3.63) is 64.0 Å². The molecule has 2 heterocycles. The summed E-state index contributed by atoms with van der Waals surface area (Å²) in [6.45, 7) is 3.79. The van der Waals surface area contributed by atoms with E-state index in [0.717, 1.165) is 16.6 Å². The number of hydrogen-bond acceptors (Lipinski definition) is 4. The summed E-state index contributed by atoms with van der Waals surface area (Å²) >= 11 is 0. The van der Waals surface area contributed by atoms with Gasteiger partial charge in [-0.3, -0.25) is 4.79 Å². The van der Waals surface area contributed by atoms with Crippen LogP contribution in [0, 0.1) is 13.8 Å². The number of hydrogen-bond donors (Lipinski definition) is 0. The van der Waals surface area contributed by atoms with Gasteiger partial charge < -0.3 is 8.94 Å². The first-order valence-corrected chi connectivity index (χ1v) is 7.03. The second kappa shape index (κ2) is 4.56. The molecule has 0 N–H and O–H groups in total. The van der Waals surface area contributed by atoms with E-state index >= 15 is 0 Å². The van der Waals surface area contributed by atoms with Gasteiger partial charge in [-0.1, -0.05) is 35.0 Å². The molecule has 0 aliphatic rings. The number of rotatable bonds is 1. The number of aryl methyl sites for hydroxylation is 2. The molecule has 0 bridgehead atoms. The summed E-state index contributed by atoms with van der Waals surface area (Å²) in [4.78, 5) is 12.3. The van der Waals surface area contributed by atoms with Crippen LogP contribution in [0.3, 0.4) is 0 Å². The number of fused-ring (bicyclic) bond motifs is 3. The zero-order chi connectivity index (χ0) is 15.3. The third kappa shape index (κ3) is 1.84. The molecule has 108 valence electrons. The second-order valence-corrected chi connectivity index (χ2v) is 5.43. The van der Waals surface area contributed by atoms with Crippen LogP contribution < -0.4 is 5.43 Å². The smallest absolute Gasteiger partial charge is 0.196 e. The zero-order valence-corrected chi connectivity index (χ0v) is 12.2. The van der Waals surface area contributed by atoms with E-state index in [1.807, 2.05) is 37.3 Å². The molecule has 0 fully saturated rings. The largest absolute Gasteiger partial charge is 0.461 e. The Morgan fingerprint density at radius 2 is 1.77 bits per heavy atom. The molecule has 4 nitrogen and oxygen atoms in total. The Morgan fingerprint density at radius 1 is 1.00 bits per heavy atom. The maximum absolute atomic E-state index is 12.3. The topological polar surface area (TPSA) is 56.2 Å². The van der Waals surface area contributed by atoms with Gasteiger partial charge in [0.25, 0.3) is 0 Å². The van der Waals surface area contributed by atoms with Gasteiger partial charge in [-0.2, -0.15) is 0 Å². The fraction of sp³-hybridized carbons (Fsp3) is 0.111. The van der Waals surface area contributed by atoms with Gasteiger partial charge >= 0.3 is 0 Å². The molecule has 0 aliphatic heterocycles. The SMILES string of the molecule is Cc1ccc(-c2noc3c2ccc2oc(C)cc(=O)c23)cc1. The molecule has 0 radical (unpaired) electrons. The summed E-state index contributed by atoms with van der Waals surface area (Å²) in [7, 11) is 0. The lowest BCUT2D eigenvalue weighted by molar-refractivity contribution is 0.461. The van der Waals surface area contributed by atoms with E-state index in [4.69, 9.17) is 8.94 Å². The predicted molar refractivity (Wildman–Crippen MR) is 85.0 cm³/mol. The summed E-state index contributed by atoms with van der Waals surface area (Å²) in [6, 6.07) is 13.2. The molecule has 4 heteroatoms. The Kier molecular flexibility index (Phi) is 2.66. The zero-order valence-electron chi connectivity index (χ0n) is 12.2. The van der Waals surface area contributed by atoms with Crippen molar-refractivity contribution in [1.29, 1.82) is 0 Å². The molecule has 0 saturated heterocycles. The molecule has 0 unspecified atom stereocenters. The Labute approximate surface area is 126 Å². The fourth-order valence-electron chi connectivity index (χ4n) is 2.68. The fourth-order valence-corrected chi connectivity index (χ4v) is 2.68. The highest BCUT2D eigenvalue weighted by Gasteiger charge is 2.16. The molecular formula is C18H13NO3. The Balaban J connectivity index is 2.06. The van der Waals surface area contributed by atoms with Gasteiger partial charge in [0.15, 0.2) is 11.0 Å².